The van der Waals surface area contributed by atoms with Crippen molar-refractivity contribution in [3.8, 4) is 22.5 Å². The third-order valence-electron chi connectivity index (χ3n) is 6.54. The van der Waals surface area contributed by atoms with E-state index < -0.39 is 0 Å². The molecule has 0 fully saturated rings. The topological polar surface area (TPSA) is 43.1 Å². The Kier molecular flexibility index (Phi) is 7.38. The van der Waals surface area contributed by atoms with Gasteiger partial charge in [-0.3, -0.25) is 4.99 Å². The Balaban J connectivity index is 1.47. The van der Waals surface area contributed by atoms with Crippen molar-refractivity contribution in [2.24, 2.45) is 16.3 Å². The molecule has 1 aromatic heterocycles. The normalized spacial score (nSPS) is 16.4. The fourth-order valence-corrected chi connectivity index (χ4v) is 5.76. The highest BCUT2D eigenvalue weighted by atomic mass is 32.2. The van der Waals surface area contributed by atoms with Crippen LogP contribution in [0.15, 0.2) is 59.6 Å². The molecule has 4 nitrogen and oxygen atoms in total. The van der Waals surface area contributed by atoms with Crippen molar-refractivity contribution in [3.05, 3.63) is 60.2 Å². The molecule has 3 aromatic rings. The van der Waals surface area contributed by atoms with Crippen molar-refractivity contribution >= 4 is 16.8 Å². The number of aliphatic imine (C=N–C) groups is 1. The highest BCUT2D eigenvalue weighted by Crippen LogP contribution is 2.37. The van der Waals surface area contributed by atoms with Crippen molar-refractivity contribution in [3.63, 3.8) is 0 Å². The summed E-state index contributed by atoms with van der Waals surface area (Å²) in [6.07, 6.45) is 3.41. The monoisotopic (exact) mass is 460 g/mol. The third-order valence-corrected chi connectivity index (χ3v) is 7.90. The Morgan fingerprint density at radius 2 is 1.70 bits per heavy atom. The van der Waals surface area contributed by atoms with E-state index in [1.54, 1.807) is 4.80 Å². The van der Waals surface area contributed by atoms with Gasteiger partial charge in [-0.05, 0) is 43.2 Å². The Hall–Kier alpha value is -2.40. The minimum absolute atomic E-state index is 0.228. The minimum Gasteiger partial charge on any atom is -0.278 e. The van der Waals surface area contributed by atoms with E-state index in [0.29, 0.717) is 12.0 Å². The predicted octanol–water partition coefficient (Wildman–Crippen LogP) is 7.15. The smallest absolute Gasteiger partial charge is 0.121 e. The quantitative estimate of drug-likeness (QED) is 0.340. The summed E-state index contributed by atoms with van der Waals surface area (Å²) in [4.78, 5) is 6.84. The van der Waals surface area contributed by atoms with Crippen LogP contribution in [0.4, 0.5) is 0 Å². The van der Waals surface area contributed by atoms with Crippen molar-refractivity contribution in [2.75, 3.05) is 5.75 Å². The van der Waals surface area contributed by atoms with Crippen LogP contribution in [0, 0.1) is 11.3 Å². The van der Waals surface area contributed by atoms with Gasteiger partial charge in [-0.25, -0.2) is 0 Å². The molecular formula is C28H36N4S. The average Bonchev–Trinajstić information content (AvgIpc) is 3.48. The van der Waals surface area contributed by atoms with Gasteiger partial charge in [0.2, 0.25) is 0 Å². The highest BCUT2D eigenvalue weighted by molar-refractivity contribution is 8.14. The summed E-state index contributed by atoms with van der Waals surface area (Å²) >= 11 is 1.95. The van der Waals surface area contributed by atoms with Crippen molar-refractivity contribution in [2.45, 2.75) is 66.5 Å². The highest BCUT2D eigenvalue weighted by Gasteiger charge is 2.33. The maximum absolute atomic E-state index is 5.05. The van der Waals surface area contributed by atoms with E-state index in [1.165, 1.54) is 17.0 Å². The molecule has 2 heterocycles. The Morgan fingerprint density at radius 1 is 1.00 bits per heavy atom. The zero-order chi connectivity index (χ0) is 23.4. The largest absolute Gasteiger partial charge is 0.278 e. The van der Waals surface area contributed by atoms with Crippen molar-refractivity contribution in [1.82, 2.24) is 15.0 Å². The second-order valence-electron chi connectivity index (χ2n) is 9.94. The van der Waals surface area contributed by atoms with Crippen molar-refractivity contribution < 1.29 is 0 Å². The number of benzene rings is 2. The zero-order valence-corrected chi connectivity index (χ0v) is 21.4. The van der Waals surface area contributed by atoms with Gasteiger partial charge < -0.3 is 0 Å². The number of hydrogen-bond acceptors (Lipinski definition) is 4. The van der Waals surface area contributed by atoms with Crippen LogP contribution in [0.1, 0.15) is 53.0 Å². The van der Waals surface area contributed by atoms with Crippen LogP contribution in [0.5, 0.6) is 0 Å². The molecule has 0 spiro atoms. The summed E-state index contributed by atoms with van der Waals surface area (Å²) in [5.41, 5.74) is 5.75. The second-order valence-corrected chi connectivity index (χ2v) is 11.0. The first kappa shape index (κ1) is 23.7. The molecule has 5 heteroatoms. The van der Waals surface area contributed by atoms with Gasteiger partial charge in [0, 0.05) is 22.8 Å². The number of aryl methyl sites for hydroxylation is 2. The fraction of sp³-hybridized carbons (Fsp3) is 0.464. The van der Waals surface area contributed by atoms with E-state index in [9.17, 15) is 0 Å². The van der Waals surface area contributed by atoms with Crippen LogP contribution in [0.2, 0.25) is 0 Å². The van der Waals surface area contributed by atoms with E-state index in [2.05, 4.69) is 83.1 Å². The molecule has 1 aliphatic rings. The standard InChI is InChI=1S/C28H36N4S/c1-6-32-30-25(22-14-8-7-9-15-22)26(31-32)23-16-10-12-21(18-23)13-11-17-28(4,5)24-19-33-27(29-24)20(2)3/h7-10,12,14-16,18,20,24H,6,11,13,17,19H2,1-5H3. The summed E-state index contributed by atoms with van der Waals surface area (Å²) in [5.74, 6) is 1.68. The Morgan fingerprint density at radius 3 is 2.36 bits per heavy atom. The summed E-state index contributed by atoms with van der Waals surface area (Å²) < 4.78 is 0. The first-order chi connectivity index (χ1) is 15.9. The molecule has 0 amide bonds. The minimum atomic E-state index is 0.228. The number of thioether (sulfide) groups is 1. The van der Waals surface area contributed by atoms with Gasteiger partial charge in [-0.2, -0.15) is 15.0 Å². The fourth-order valence-electron chi connectivity index (χ4n) is 4.37. The molecule has 33 heavy (non-hydrogen) atoms. The number of rotatable bonds is 9. The lowest BCUT2D eigenvalue weighted by Crippen LogP contribution is -2.28. The molecule has 2 aromatic carbocycles. The molecular weight excluding hydrogens is 424 g/mol. The van der Waals surface area contributed by atoms with Gasteiger partial charge in [0.05, 0.1) is 17.6 Å². The Bertz CT molecular complexity index is 1100. The van der Waals surface area contributed by atoms with Gasteiger partial charge >= 0.3 is 0 Å². The van der Waals surface area contributed by atoms with E-state index in [4.69, 9.17) is 15.2 Å². The van der Waals surface area contributed by atoms with Crippen LogP contribution < -0.4 is 0 Å². The van der Waals surface area contributed by atoms with Crippen molar-refractivity contribution in [1.29, 1.82) is 0 Å². The van der Waals surface area contributed by atoms with E-state index >= 15 is 0 Å². The van der Waals surface area contributed by atoms with Gasteiger partial charge in [-0.1, -0.05) is 76.2 Å². The molecule has 0 saturated heterocycles. The maximum Gasteiger partial charge on any atom is 0.121 e. The summed E-state index contributed by atoms with van der Waals surface area (Å²) in [5, 5.41) is 10.9. The number of nitrogens with zero attached hydrogens (tertiary/aromatic N) is 4. The molecule has 1 aliphatic heterocycles. The predicted molar refractivity (Wildman–Crippen MR) is 142 cm³/mol. The van der Waals surface area contributed by atoms with Crippen LogP contribution in [-0.4, -0.2) is 31.8 Å². The maximum atomic E-state index is 5.05. The van der Waals surface area contributed by atoms with Gasteiger partial charge in [0.15, 0.2) is 0 Å². The second kappa shape index (κ2) is 10.3. The molecule has 1 atom stereocenters. The lowest BCUT2D eigenvalue weighted by Gasteiger charge is -2.29. The van der Waals surface area contributed by atoms with Gasteiger partial charge in [0.1, 0.15) is 11.4 Å². The zero-order valence-electron chi connectivity index (χ0n) is 20.6. The SMILES string of the molecule is CCn1nc(-c2ccccc2)c(-c2cccc(CCCC(C)(C)C3CSC(C(C)C)=N3)c2)n1. The molecule has 4 rings (SSSR count). The summed E-state index contributed by atoms with van der Waals surface area (Å²) in [6, 6.07) is 19.6. The van der Waals surface area contributed by atoms with Crippen LogP contribution in [0.25, 0.3) is 22.5 Å². The van der Waals surface area contributed by atoms with Gasteiger partial charge in [0.25, 0.3) is 0 Å². The molecule has 1 unspecified atom stereocenters. The first-order valence-electron chi connectivity index (χ1n) is 12.2. The molecule has 0 N–H and O–H groups in total. The lowest BCUT2D eigenvalue weighted by atomic mass is 9.80. The molecule has 0 saturated carbocycles. The summed E-state index contributed by atoms with van der Waals surface area (Å²) in [6.45, 7) is 12.1. The summed E-state index contributed by atoms with van der Waals surface area (Å²) in [7, 11) is 0. The third kappa shape index (κ3) is 5.57. The van der Waals surface area contributed by atoms with Gasteiger partial charge in [-0.15, -0.1) is 11.8 Å². The molecule has 0 aliphatic carbocycles. The lowest BCUT2D eigenvalue weighted by molar-refractivity contribution is 0.277. The Labute approximate surface area is 202 Å². The van der Waals surface area contributed by atoms with Crippen LogP contribution >= 0.6 is 11.8 Å². The van der Waals surface area contributed by atoms with Crippen LogP contribution in [-0.2, 0) is 13.0 Å². The average molecular weight is 461 g/mol. The first-order valence-corrected chi connectivity index (χ1v) is 13.2. The molecule has 0 bridgehead atoms. The van der Waals surface area contributed by atoms with Crippen LogP contribution in [0.3, 0.4) is 0 Å². The molecule has 0 radical (unpaired) electrons. The number of hydrogen-bond donors (Lipinski definition) is 0. The van der Waals surface area contributed by atoms with E-state index in [1.807, 2.05) is 17.8 Å². The number of aromatic nitrogens is 3. The van der Waals surface area contributed by atoms with E-state index in [0.717, 1.165) is 47.7 Å². The van der Waals surface area contributed by atoms with E-state index in [-0.39, 0.29) is 5.41 Å². The molecule has 174 valence electrons.